The summed E-state index contributed by atoms with van der Waals surface area (Å²) in [5, 5.41) is 0. The third kappa shape index (κ3) is 3.06. The summed E-state index contributed by atoms with van der Waals surface area (Å²) in [7, 11) is 1.33. The molecule has 0 atom stereocenters. The number of esters is 1. The molecule has 4 nitrogen and oxygen atoms in total. The van der Waals surface area contributed by atoms with Crippen LogP contribution in [0.15, 0.2) is 48.5 Å². The molecule has 0 spiro atoms. The smallest absolute Gasteiger partial charge is 0.337 e. The normalized spacial score (nSPS) is 13.2. The van der Waals surface area contributed by atoms with E-state index in [4.69, 9.17) is 4.74 Å². The maximum absolute atomic E-state index is 13.6. The number of nitrogens with zero attached hydrogens (tertiary/aromatic N) is 1. The number of fused-ring (bicyclic) bond motifs is 1. The second kappa shape index (κ2) is 6.66. The van der Waals surface area contributed by atoms with Gasteiger partial charge in [0.05, 0.1) is 12.7 Å². The van der Waals surface area contributed by atoms with E-state index < -0.39 is 5.97 Å². The van der Waals surface area contributed by atoms with Crippen LogP contribution in [-0.4, -0.2) is 25.5 Å². The summed E-state index contributed by atoms with van der Waals surface area (Å²) >= 11 is 0. The summed E-state index contributed by atoms with van der Waals surface area (Å²) in [5.41, 5.74) is 2.52. The van der Waals surface area contributed by atoms with Gasteiger partial charge in [-0.25, -0.2) is 9.18 Å². The minimum Gasteiger partial charge on any atom is -0.465 e. The Balaban J connectivity index is 1.80. The molecule has 0 fully saturated rings. The molecule has 3 rings (SSSR count). The van der Waals surface area contributed by atoms with E-state index in [1.807, 2.05) is 0 Å². The fourth-order valence-corrected chi connectivity index (χ4v) is 2.74. The number of ether oxygens (including phenoxy) is 1. The third-order valence-electron chi connectivity index (χ3n) is 3.97. The van der Waals surface area contributed by atoms with Gasteiger partial charge < -0.3 is 9.64 Å². The van der Waals surface area contributed by atoms with Crippen molar-refractivity contribution >= 4 is 23.6 Å². The van der Waals surface area contributed by atoms with Crippen LogP contribution >= 0.6 is 0 Å². The average molecular weight is 325 g/mol. The van der Waals surface area contributed by atoms with Crippen LogP contribution in [0.25, 0.3) is 6.08 Å². The van der Waals surface area contributed by atoms with Crippen LogP contribution in [0.2, 0.25) is 0 Å². The van der Waals surface area contributed by atoms with Gasteiger partial charge in [-0.3, -0.25) is 4.79 Å². The number of methoxy groups -OCH3 is 1. The predicted molar refractivity (Wildman–Crippen MR) is 89.3 cm³/mol. The highest BCUT2D eigenvalue weighted by Crippen LogP contribution is 2.29. The molecule has 1 aliphatic rings. The van der Waals surface area contributed by atoms with E-state index in [1.165, 1.54) is 25.3 Å². The lowest BCUT2D eigenvalue weighted by Gasteiger charge is -2.15. The number of amides is 1. The Morgan fingerprint density at radius 3 is 2.75 bits per heavy atom. The summed E-state index contributed by atoms with van der Waals surface area (Å²) in [6, 6.07) is 11.4. The lowest BCUT2D eigenvalue weighted by atomic mass is 10.1. The molecule has 0 saturated carbocycles. The fourth-order valence-electron chi connectivity index (χ4n) is 2.74. The van der Waals surface area contributed by atoms with Gasteiger partial charge >= 0.3 is 5.97 Å². The van der Waals surface area contributed by atoms with Gasteiger partial charge in [0.25, 0.3) is 5.91 Å². The molecule has 122 valence electrons. The van der Waals surface area contributed by atoms with Gasteiger partial charge in [0.1, 0.15) is 5.82 Å². The number of carbonyl (C=O) groups is 2. The van der Waals surface area contributed by atoms with Gasteiger partial charge in [0, 0.05) is 23.9 Å². The molecule has 24 heavy (non-hydrogen) atoms. The Labute approximate surface area is 139 Å². The van der Waals surface area contributed by atoms with E-state index in [1.54, 1.807) is 41.3 Å². The van der Waals surface area contributed by atoms with E-state index in [2.05, 4.69) is 0 Å². The third-order valence-corrected chi connectivity index (χ3v) is 3.97. The molecule has 5 heteroatoms. The summed E-state index contributed by atoms with van der Waals surface area (Å²) in [5.74, 6) is -0.990. The number of hydrogen-bond acceptors (Lipinski definition) is 3. The van der Waals surface area contributed by atoms with Gasteiger partial charge in [-0.2, -0.15) is 0 Å². The zero-order valence-corrected chi connectivity index (χ0v) is 13.2. The summed E-state index contributed by atoms with van der Waals surface area (Å²) in [4.78, 5) is 25.6. The van der Waals surface area contributed by atoms with Crippen molar-refractivity contribution in [1.82, 2.24) is 0 Å². The van der Waals surface area contributed by atoms with Crippen LogP contribution in [0.4, 0.5) is 10.1 Å². The first-order valence-corrected chi connectivity index (χ1v) is 7.55. The van der Waals surface area contributed by atoms with Crippen LogP contribution < -0.4 is 4.90 Å². The first-order chi connectivity index (χ1) is 11.6. The molecule has 0 saturated heterocycles. The predicted octanol–water partition coefficient (Wildman–Crippen LogP) is 3.21. The highest BCUT2D eigenvalue weighted by Gasteiger charge is 2.24. The first kappa shape index (κ1) is 15.9. The molecular weight excluding hydrogens is 309 g/mol. The Morgan fingerprint density at radius 2 is 2.00 bits per heavy atom. The zero-order valence-electron chi connectivity index (χ0n) is 13.2. The van der Waals surface area contributed by atoms with Crippen molar-refractivity contribution in [2.24, 2.45) is 0 Å². The van der Waals surface area contributed by atoms with Crippen LogP contribution in [0.3, 0.4) is 0 Å². The number of anilines is 1. The summed E-state index contributed by atoms with van der Waals surface area (Å²) in [6.45, 7) is 0.528. The van der Waals surface area contributed by atoms with Gasteiger partial charge in [0.2, 0.25) is 0 Å². The highest BCUT2D eigenvalue weighted by atomic mass is 19.1. The standard InChI is InChI=1S/C19H16FNO3/c1-24-19(23)15-6-8-17-14(12-15)10-11-21(17)18(22)9-7-13-4-2-3-5-16(13)20/h2-9,12H,10-11H2,1H3/b9-7+. The SMILES string of the molecule is COC(=O)c1ccc2c(c1)CCN2C(=O)/C=C/c1ccccc1F. The minimum absolute atomic E-state index is 0.220. The lowest BCUT2D eigenvalue weighted by Crippen LogP contribution is -2.26. The topological polar surface area (TPSA) is 46.6 Å². The molecule has 1 aliphatic heterocycles. The first-order valence-electron chi connectivity index (χ1n) is 7.55. The van der Waals surface area contributed by atoms with Crippen molar-refractivity contribution < 1.29 is 18.7 Å². The van der Waals surface area contributed by atoms with Crippen molar-refractivity contribution in [2.45, 2.75) is 6.42 Å². The Bertz CT molecular complexity index is 829. The quantitative estimate of drug-likeness (QED) is 0.643. The minimum atomic E-state index is -0.401. The van der Waals surface area contributed by atoms with Crippen molar-refractivity contribution in [3.8, 4) is 0 Å². The molecule has 0 aliphatic carbocycles. The maximum Gasteiger partial charge on any atom is 0.337 e. The molecule has 1 heterocycles. The molecule has 0 bridgehead atoms. The molecule has 2 aromatic rings. The van der Waals surface area contributed by atoms with Gasteiger partial charge in [-0.1, -0.05) is 18.2 Å². The molecular formula is C19H16FNO3. The van der Waals surface area contributed by atoms with Crippen LogP contribution in [-0.2, 0) is 16.0 Å². The molecule has 0 unspecified atom stereocenters. The summed E-state index contributed by atoms with van der Waals surface area (Å²) < 4.78 is 18.3. The largest absolute Gasteiger partial charge is 0.465 e. The van der Waals surface area contributed by atoms with Gasteiger partial charge in [0.15, 0.2) is 0 Å². The van der Waals surface area contributed by atoms with Crippen LogP contribution in [0.1, 0.15) is 21.5 Å². The van der Waals surface area contributed by atoms with Crippen molar-refractivity contribution in [3.05, 3.63) is 71.0 Å². The van der Waals surface area contributed by atoms with Gasteiger partial charge in [-0.05, 0) is 42.3 Å². The molecule has 0 N–H and O–H groups in total. The monoisotopic (exact) mass is 325 g/mol. The number of rotatable bonds is 3. The van der Waals surface area contributed by atoms with E-state index in [0.717, 1.165) is 11.3 Å². The Hall–Kier alpha value is -2.95. The number of benzene rings is 2. The van der Waals surface area contributed by atoms with E-state index in [-0.39, 0.29) is 11.7 Å². The molecule has 0 radical (unpaired) electrons. The fraction of sp³-hybridized carbons (Fsp3) is 0.158. The molecule has 1 amide bonds. The van der Waals surface area contributed by atoms with E-state index >= 15 is 0 Å². The van der Waals surface area contributed by atoms with Crippen molar-refractivity contribution in [3.63, 3.8) is 0 Å². The Morgan fingerprint density at radius 1 is 1.21 bits per heavy atom. The molecule has 2 aromatic carbocycles. The highest BCUT2D eigenvalue weighted by molar-refractivity contribution is 6.05. The van der Waals surface area contributed by atoms with Crippen LogP contribution in [0, 0.1) is 5.82 Å². The average Bonchev–Trinajstić information content (AvgIpc) is 3.03. The van der Waals surface area contributed by atoms with E-state index in [9.17, 15) is 14.0 Å². The summed E-state index contributed by atoms with van der Waals surface area (Å²) in [6.07, 6.45) is 3.50. The lowest BCUT2D eigenvalue weighted by molar-refractivity contribution is -0.114. The van der Waals surface area contributed by atoms with E-state index in [0.29, 0.717) is 24.1 Å². The molecule has 0 aromatic heterocycles. The number of halogens is 1. The zero-order chi connectivity index (χ0) is 17.1. The van der Waals surface area contributed by atoms with Crippen molar-refractivity contribution in [2.75, 3.05) is 18.6 Å². The number of carbonyl (C=O) groups excluding carboxylic acids is 2. The second-order valence-electron chi connectivity index (χ2n) is 5.43. The van der Waals surface area contributed by atoms with Gasteiger partial charge in [-0.15, -0.1) is 0 Å². The maximum atomic E-state index is 13.6. The number of hydrogen-bond donors (Lipinski definition) is 0. The Kier molecular flexibility index (Phi) is 4.42. The van der Waals surface area contributed by atoms with Crippen molar-refractivity contribution in [1.29, 1.82) is 0 Å². The second-order valence-corrected chi connectivity index (χ2v) is 5.43. The van der Waals surface area contributed by atoms with Crippen LogP contribution in [0.5, 0.6) is 0 Å².